The molecule has 0 saturated heterocycles. The third kappa shape index (κ3) is 5.00. The maximum absolute atomic E-state index is 13.0. The molecule has 3 rings (SSSR count). The largest absolute Gasteiger partial charge is 0.493 e. The zero-order chi connectivity index (χ0) is 22.6. The molecule has 1 heterocycles. The van der Waals surface area contributed by atoms with E-state index in [1.807, 2.05) is 0 Å². The number of benzene rings is 1. The molecule has 0 spiro atoms. The lowest BCUT2D eigenvalue weighted by atomic mass is 10.0. The molecule has 2 amide bonds. The Morgan fingerprint density at radius 1 is 1.03 bits per heavy atom. The summed E-state index contributed by atoms with van der Waals surface area (Å²) in [6, 6.07) is 8.24. The van der Waals surface area contributed by atoms with Crippen molar-refractivity contribution >= 4 is 17.8 Å². The molecule has 1 aliphatic carbocycles. The lowest BCUT2D eigenvalue weighted by Crippen LogP contribution is -2.49. The van der Waals surface area contributed by atoms with E-state index in [2.05, 4.69) is 9.82 Å². The van der Waals surface area contributed by atoms with E-state index in [4.69, 9.17) is 5.21 Å². The molecule has 0 bridgehead atoms. The number of aromatic nitrogens is 1. The summed E-state index contributed by atoms with van der Waals surface area (Å²) in [5.74, 6) is -5.51. The van der Waals surface area contributed by atoms with Gasteiger partial charge in [-0.25, -0.2) is 10.3 Å². The van der Waals surface area contributed by atoms with Crippen molar-refractivity contribution in [3.63, 3.8) is 0 Å². The van der Waals surface area contributed by atoms with E-state index in [9.17, 15) is 27.6 Å². The number of nitrogens with one attached hydrogen (secondary N) is 1. The molecular formula is C20H18F3N3O5. The van der Waals surface area contributed by atoms with Crippen LogP contribution < -0.4 is 5.48 Å². The Labute approximate surface area is 174 Å². The number of amides is 2. The van der Waals surface area contributed by atoms with Crippen LogP contribution in [-0.2, 0) is 14.4 Å². The highest BCUT2D eigenvalue weighted by molar-refractivity contribution is 5.95. The number of hydroxylamine groups is 3. The predicted octanol–water partition coefficient (Wildman–Crippen LogP) is 2.89. The lowest BCUT2D eigenvalue weighted by molar-refractivity contribution is -0.235. The first-order chi connectivity index (χ1) is 14.7. The van der Waals surface area contributed by atoms with Crippen molar-refractivity contribution in [1.29, 1.82) is 0 Å². The first-order valence-electron chi connectivity index (χ1n) is 9.29. The van der Waals surface area contributed by atoms with Gasteiger partial charge in [-0.2, -0.15) is 18.2 Å². The Balaban J connectivity index is 1.90. The fourth-order valence-corrected chi connectivity index (χ4v) is 3.49. The summed E-state index contributed by atoms with van der Waals surface area (Å²) in [7, 11) is 0. The van der Waals surface area contributed by atoms with Gasteiger partial charge in [0.05, 0.1) is 12.0 Å². The Bertz CT molecular complexity index is 951. The topological polar surface area (TPSA) is 109 Å². The molecule has 1 saturated carbocycles. The highest BCUT2D eigenvalue weighted by atomic mass is 19.4. The van der Waals surface area contributed by atoms with Gasteiger partial charge < -0.3 is 4.84 Å². The number of alkyl halides is 3. The van der Waals surface area contributed by atoms with Crippen molar-refractivity contribution in [3.05, 3.63) is 54.4 Å². The summed E-state index contributed by atoms with van der Waals surface area (Å²) < 4.78 is 38.4. The molecule has 2 N–H and O–H groups in total. The quantitative estimate of drug-likeness (QED) is 0.563. The summed E-state index contributed by atoms with van der Waals surface area (Å²) in [6.07, 6.45) is -1.47. The number of hydrogen-bond acceptors (Lipinski definition) is 6. The monoisotopic (exact) mass is 437 g/mol. The van der Waals surface area contributed by atoms with E-state index in [1.54, 1.807) is 36.7 Å². The van der Waals surface area contributed by atoms with Gasteiger partial charge in [-0.3, -0.25) is 19.8 Å². The van der Waals surface area contributed by atoms with Gasteiger partial charge in [-0.1, -0.05) is 18.6 Å². The molecule has 2 atom stereocenters. The molecule has 0 unspecified atom stereocenters. The van der Waals surface area contributed by atoms with E-state index in [0.29, 0.717) is 11.5 Å². The van der Waals surface area contributed by atoms with Crippen LogP contribution in [0.15, 0.2) is 48.8 Å². The van der Waals surface area contributed by atoms with Gasteiger partial charge in [0.2, 0.25) is 5.91 Å². The minimum absolute atomic E-state index is 0.0390. The Hall–Kier alpha value is -3.47. The molecule has 1 fully saturated rings. The van der Waals surface area contributed by atoms with Crippen molar-refractivity contribution in [1.82, 2.24) is 15.5 Å². The van der Waals surface area contributed by atoms with Crippen molar-refractivity contribution < 1.29 is 37.6 Å². The number of pyridine rings is 1. The summed E-state index contributed by atoms with van der Waals surface area (Å²) in [6.45, 7) is 0. The van der Waals surface area contributed by atoms with Crippen molar-refractivity contribution in [2.24, 2.45) is 5.92 Å². The Morgan fingerprint density at radius 2 is 1.65 bits per heavy atom. The highest BCUT2D eigenvalue weighted by Gasteiger charge is 2.47. The molecule has 0 aliphatic heterocycles. The molecular weight excluding hydrogens is 419 g/mol. The first kappa shape index (κ1) is 22.2. The predicted molar refractivity (Wildman–Crippen MR) is 99.0 cm³/mol. The van der Waals surface area contributed by atoms with Crippen LogP contribution in [0.4, 0.5) is 13.2 Å². The standard InChI is InChI=1S/C20H18F3N3O5/c21-20(22,23)19(29)31-26(16-3-1-2-15(16)17(27)25-30)18(28)14-6-4-12(5-7-14)13-8-10-24-11-9-13/h4-11,15-16,30H,1-3H2,(H,25,27)/t15-,16+/m0/s1. The minimum Gasteiger partial charge on any atom is -0.329 e. The van der Waals surface area contributed by atoms with Crippen molar-refractivity contribution in [3.8, 4) is 11.1 Å². The third-order valence-corrected chi connectivity index (χ3v) is 4.99. The average molecular weight is 437 g/mol. The zero-order valence-corrected chi connectivity index (χ0v) is 16.0. The van der Waals surface area contributed by atoms with Gasteiger partial charge in [0.25, 0.3) is 5.91 Å². The second kappa shape index (κ2) is 9.13. The Morgan fingerprint density at radius 3 is 2.23 bits per heavy atom. The summed E-state index contributed by atoms with van der Waals surface area (Å²) in [5.41, 5.74) is 2.94. The molecule has 164 valence electrons. The molecule has 1 aromatic carbocycles. The fraction of sp³-hybridized carbons (Fsp3) is 0.300. The minimum atomic E-state index is -5.34. The highest BCUT2D eigenvalue weighted by Crippen LogP contribution is 2.33. The van der Waals surface area contributed by atoms with Crippen LogP contribution in [0.2, 0.25) is 0 Å². The van der Waals surface area contributed by atoms with Gasteiger partial charge in [-0.05, 0) is 48.2 Å². The zero-order valence-electron chi connectivity index (χ0n) is 16.0. The first-order valence-corrected chi connectivity index (χ1v) is 9.29. The average Bonchev–Trinajstić information content (AvgIpc) is 3.26. The second-order valence-electron chi connectivity index (χ2n) is 6.90. The van der Waals surface area contributed by atoms with E-state index in [-0.39, 0.29) is 18.4 Å². The molecule has 11 heteroatoms. The molecule has 2 aromatic rings. The van der Waals surface area contributed by atoms with E-state index < -0.39 is 35.9 Å². The molecule has 1 aliphatic rings. The number of nitrogens with zero attached hydrogens (tertiary/aromatic N) is 2. The van der Waals surface area contributed by atoms with Crippen LogP contribution in [0, 0.1) is 5.92 Å². The molecule has 0 radical (unpaired) electrons. The molecule has 1 aromatic heterocycles. The van der Waals surface area contributed by atoms with Gasteiger partial charge in [0, 0.05) is 18.0 Å². The van der Waals surface area contributed by atoms with E-state index in [1.165, 1.54) is 17.6 Å². The lowest BCUT2D eigenvalue weighted by Gasteiger charge is -2.30. The van der Waals surface area contributed by atoms with Gasteiger partial charge in [0.15, 0.2) is 0 Å². The fourth-order valence-electron chi connectivity index (χ4n) is 3.49. The van der Waals surface area contributed by atoms with Crippen molar-refractivity contribution in [2.75, 3.05) is 0 Å². The maximum atomic E-state index is 13.0. The number of halogens is 3. The van der Waals surface area contributed by atoms with Gasteiger partial charge in [-0.15, -0.1) is 0 Å². The van der Waals surface area contributed by atoms with Gasteiger partial charge in [0.1, 0.15) is 0 Å². The van der Waals surface area contributed by atoms with Crippen LogP contribution in [0.25, 0.3) is 11.1 Å². The SMILES string of the molecule is O=C(NO)[C@H]1CCC[C@H]1N(OC(=O)C(F)(F)F)C(=O)c1ccc(-c2ccncc2)cc1. The van der Waals surface area contributed by atoms with E-state index >= 15 is 0 Å². The van der Waals surface area contributed by atoms with Crippen LogP contribution >= 0.6 is 0 Å². The number of hydrogen-bond donors (Lipinski definition) is 2. The van der Waals surface area contributed by atoms with Crippen LogP contribution in [0.3, 0.4) is 0 Å². The van der Waals surface area contributed by atoms with Crippen LogP contribution in [0.5, 0.6) is 0 Å². The second-order valence-corrected chi connectivity index (χ2v) is 6.90. The third-order valence-electron chi connectivity index (χ3n) is 4.99. The van der Waals surface area contributed by atoms with E-state index in [0.717, 1.165) is 11.1 Å². The Kier molecular flexibility index (Phi) is 6.54. The number of carbonyl (C=O) groups excluding carboxylic acids is 3. The van der Waals surface area contributed by atoms with Crippen LogP contribution in [0.1, 0.15) is 29.6 Å². The van der Waals surface area contributed by atoms with Crippen molar-refractivity contribution in [2.45, 2.75) is 31.5 Å². The number of carbonyl (C=O) groups is 3. The molecule has 8 nitrogen and oxygen atoms in total. The van der Waals surface area contributed by atoms with Crippen LogP contribution in [-0.4, -0.2) is 45.3 Å². The summed E-state index contributed by atoms with van der Waals surface area (Å²) in [5, 5.41) is 9.20. The smallest absolute Gasteiger partial charge is 0.329 e. The maximum Gasteiger partial charge on any atom is 0.493 e. The molecule has 31 heavy (non-hydrogen) atoms. The number of rotatable bonds is 4. The van der Waals surface area contributed by atoms with Gasteiger partial charge >= 0.3 is 12.1 Å². The normalized spacial score (nSPS) is 18.3. The summed E-state index contributed by atoms with van der Waals surface area (Å²) in [4.78, 5) is 44.6. The summed E-state index contributed by atoms with van der Waals surface area (Å²) >= 11 is 0.